The van der Waals surface area contributed by atoms with Gasteiger partial charge in [-0.05, 0) is 13.0 Å². The summed E-state index contributed by atoms with van der Waals surface area (Å²) >= 11 is 5.87. The maximum atomic E-state index is 5.87. The second-order valence-electron chi connectivity index (χ2n) is 4.46. The molecule has 2 aromatic rings. The Balaban J connectivity index is 1.98. The summed E-state index contributed by atoms with van der Waals surface area (Å²) in [5.74, 6) is 1.47. The lowest BCUT2D eigenvalue weighted by atomic mass is 10.3. The Kier molecular flexibility index (Phi) is 3.09. The van der Waals surface area contributed by atoms with Gasteiger partial charge in [0.15, 0.2) is 5.82 Å². The van der Waals surface area contributed by atoms with Crippen LogP contribution in [0.25, 0.3) is 5.52 Å². The molecule has 0 amide bonds. The molecule has 1 aliphatic heterocycles. The van der Waals surface area contributed by atoms with Crippen LogP contribution >= 0.6 is 11.6 Å². The number of alkyl halides is 1. The number of ether oxygens (including phenoxy) is 1. The van der Waals surface area contributed by atoms with Crippen LogP contribution in [-0.2, 0) is 4.74 Å². The second kappa shape index (κ2) is 4.74. The highest BCUT2D eigenvalue weighted by Crippen LogP contribution is 2.21. The molecule has 0 aliphatic carbocycles. The van der Waals surface area contributed by atoms with Gasteiger partial charge in [-0.1, -0.05) is 0 Å². The maximum Gasteiger partial charge on any atom is 0.154 e. The number of aryl methyl sites for hydroxylation is 1. The van der Waals surface area contributed by atoms with Gasteiger partial charge in [-0.3, -0.25) is 0 Å². The Morgan fingerprint density at radius 1 is 1.56 bits per heavy atom. The number of nitrogens with zero attached hydrogens (tertiary/aromatic N) is 4. The first-order valence-electron chi connectivity index (χ1n) is 6.01. The molecule has 0 N–H and O–H groups in total. The fraction of sp³-hybridized carbons (Fsp3) is 0.500. The van der Waals surface area contributed by atoms with Crippen molar-refractivity contribution in [2.75, 3.05) is 30.5 Å². The van der Waals surface area contributed by atoms with E-state index < -0.39 is 0 Å². The minimum absolute atomic E-state index is 0.0755. The molecule has 1 aliphatic rings. The predicted octanol–water partition coefficient (Wildman–Crippen LogP) is 1.48. The highest BCUT2D eigenvalue weighted by Gasteiger charge is 2.22. The van der Waals surface area contributed by atoms with Crippen LogP contribution in [0.1, 0.15) is 5.69 Å². The minimum Gasteiger partial charge on any atom is -0.373 e. The highest BCUT2D eigenvalue weighted by molar-refractivity contribution is 6.18. The van der Waals surface area contributed by atoms with Crippen LogP contribution in [-0.4, -0.2) is 46.3 Å². The molecule has 0 saturated carbocycles. The van der Waals surface area contributed by atoms with Crippen molar-refractivity contribution in [1.29, 1.82) is 0 Å². The summed E-state index contributed by atoms with van der Waals surface area (Å²) in [6, 6.07) is 2.05. The van der Waals surface area contributed by atoms with E-state index in [4.69, 9.17) is 16.3 Å². The number of fused-ring (bicyclic) bond motifs is 1. The zero-order valence-corrected chi connectivity index (χ0v) is 11.0. The highest BCUT2D eigenvalue weighted by atomic mass is 35.5. The van der Waals surface area contributed by atoms with Gasteiger partial charge in [-0.2, -0.15) is 5.10 Å². The summed E-state index contributed by atoms with van der Waals surface area (Å²) in [5, 5.41) is 4.40. The normalized spacial score (nSPS) is 20.6. The van der Waals surface area contributed by atoms with Crippen LogP contribution in [0.3, 0.4) is 0 Å². The Hall–Kier alpha value is -1.33. The Morgan fingerprint density at radius 2 is 2.44 bits per heavy atom. The van der Waals surface area contributed by atoms with E-state index in [1.807, 2.05) is 23.7 Å². The minimum atomic E-state index is 0.0755. The smallest absolute Gasteiger partial charge is 0.154 e. The molecule has 3 rings (SSSR count). The van der Waals surface area contributed by atoms with Crippen LogP contribution in [0, 0.1) is 6.92 Å². The largest absolute Gasteiger partial charge is 0.373 e. The number of morpholine rings is 1. The molecule has 5 nitrogen and oxygen atoms in total. The molecule has 1 fully saturated rings. The Morgan fingerprint density at radius 3 is 3.28 bits per heavy atom. The van der Waals surface area contributed by atoms with E-state index in [1.54, 1.807) is 6.20 Å². The zero-order chi connectivity index (χ0) is 12.5. The Labute approximate surface area is 110 Å². The summed E-state index contributed by atoms with van der Waals surface area (Å²) < 4.78 is 7.44. The number of anilines is 1. The summed E-state index contributed by atoms with van der Waals surface area (Å²) in [7, 11) is 0. The van der Waals surface area contributed by atoms with Crippen LogP contribution in [0.2, 0.25) is 0 Å². The van der Waals surface area contributed by atoms with Crippen molar-refractivity contribution in [2.45, 2.75) is 13.0 Å². The molecule has 0 spiro atoms. The first-order chi connectivity index (χ1) is 8.78. The summed E-state index contributed by atoms with van der Waals surface area (Å²) in [6.07, 6.45) is 3.72. The molecular formula is C12H15ClN4O. The van der Waals surface area contributed by atoms with Crippen LogP contribution in [0.15, 0.2) is 18.5 Å². The first-order valence-corrected chi connectivity index (χ1v) is 6.55. The standard InChI is InChI=1S/C12H15ClN4O/c1-9-6-11-12(14-2-3-17(11)15-9)16-4-5-18-10(7-13)8-16/h2-3,6,10H,4-5,7-8H2,1H3. The average molecular weight is 267 g/mol. The van der Waals surface area contributed by atoms with Gasteiger partial charge in [-0.15, -0.1) is 11.6 Å². The van der Waals surface area contributed by atoms with Crippen LogP contribution < -0.4 is 4.90 Å². The van der Waals surface area contributed by atoms with Crippen molar-refractivity contribution in [3.63, 3.8) is 0 Å². The van der Waals surface area contributed by atoms with Crippen molar-refractivity contribution < 1.29 is 4.74 Å². The van der Waals surface area contributed by atoms with Gasteiger partial charge in [0.2, 0.25) is 0 Å². The molecule has 96 valence electrons. The van der Waals surface area contributed by atoms with E-state index >= 15 is 0 Å². The lowest BCUT2D eigenvalue weighted by molar-refractivity contribution is 0.0552. The number of rotatable bonds is 2. The fourth-order valence-corrected chi connectivity index (χ4v) is 2.47. The quantitative estimate of drug-likeness (QED) is 0.773. The van der Waals surface area contributed by atoms with E-state index in [-0.39, 0.29) is 6.10 Å². The van der Waals surface area contributed by atoms with Crippen molar-refractivity contribution >= 4 is 22.9 Å². The maximum absolute atomic E-state index is 5.87. The van der Waals surface area contributed by atoms with Crippen molar-refractivity contribution in [3.8, 4) is 0 Å². The van der Waals surface area contributed by atoms with Gasteiger partial charge in [0.05, 0.1) is 24.3 Å². The molecule has 1 saturated heterocycles. The van der Waals surface area contributed by atoms with Crippen LogP contribution in [0.5, 0.6) is 0 Å². The second-order valence-corrected chi connectivity index (χ2v) is 4.77. The molecule has 2 aromatic heterocycles. The molecule has 0 aromatic carbocycles. The molecule has 3 heterocycles. The van der Waals surface area contributed by atoms with Gasteiger partial charge in [0, 0.05) is 25.5 Å². The van der Waals surface area contributed by atoms with Gasteiger partial charge in [0.25, 0.3) is 0 Å². The van der Waals surface area contributed by atoms with E-state index in [0.29, 0.717) is 12.5 Å². The number of halogens is 1. The van der Waals surface area contributed by atoms with E-state index in [0.717, 1.165) is 30.1 Å². The van der Waals surface area contributed by atoms with Crippen LogP contribution in [0.4, 0.5) is 5.82 Å². The van der Waals surface area contributed by atoms with Gasteiger partial charge < -0.3 is 9.64 Å². The van der Waals surface area contributed by atoms with E-state index in [9.17, 15) is 0 Å². The van der Waals surface area contributed by atoms with E-state index in [2.05, 4.69) is 15.0 Å². The van der Waals surface area contributed by atoms with Crippen molar-refractivity contribution in [3.05, 3.63) is 24.2 Å². The lowest BCUT2D eigenvalue weighted by Crippen LogP contribution is -2.43. The third-order valence-electron chi connectivity index (χ3n) is 3.10. The summed E-state index contributed by atoms with van der Waals surface area (Å²) in [5.41, 5.74) is 2.02. The lowest BCUT2D eigenvalue weighted by Gasteiger charge is -2.33. The fourth-order valence-electron chi connectivity index (χ4n) is 2.28. The van der Waals surface area contributed by atoms with Gasteiger partial charge in [-0.25, -0.2) is 9.50 Å². The molecule has 1 unspecified atom stereocenters. The molecular weight excluding hydrogens is 252 g/mol. The third kappa shape index (κ3) is 2.04. The topological polar surface area (TPSA) is 42.7 Å². The van der Waals surface area contributed by atoms with Gasteiger partial charge in [0.1, 0.15) is 5.52 Å². The first kappa shape index (κ1) is 11.7. The molecule has 18 heavy (non-hydrogen) atoms. The third-order valence-corrected chi connectivity index (χ3v) is 3.45. The summed E-state index contributed by atoms with van der Waals surface area (Å²) in [6.45, 7) is 4.29. The molecule has 0 radical (unpaired) electrons. The van der Waals surface area contributed by atoms with Gasteiger partial charge >= 0.3 is 0 Å². The van der Waals surface area contributed by atoms with Crippen molar-refractivity contribution in [2.24, 2.45) is 0 Å². The molecule has 1 atom stereocenters. The summed E-state index contributed by atoms with van der Waals surface area (Å²) in [4.78, 5) is 6.69. The number of hydrogen-bond donors (Lipinski definition) is 0. The monoisotopic (exact) mass is 266 g/mol. The zero-order valence-electron chi connectivity index (χ0n) is 10.2. The number of aromatic nitrogens is 3. The predicted molar refractivity (Wildman–Crippen MR) is 70.4 cm³/mol. The van der Waals surface area contributed by atoms with E-state index in [1.165, 1.54) is 0 Å². The SMILES string of the molecule is Cc1cc2c(N3CCOC(CCl)C3)nccn2n1. The number of hydrogen-bond acceptors (Lipinski definition) is 4. The average Bonchev–Trinajstić information content (AvgIpc) is 2.78. The molecule has 0 bridgehead atoms. The van der Waals surface area contributed by atoms with Crippen molar-refractivity contribution in [1.82, 2.24) is 14.6 Å². The Bertz CT molecular complexity index is 556. The molecule has 6 heteroatoms.